The fourth-order valence-corrected chi connectivity index (χ4v) is 7.05. The highest BCUT2D eigenvalue weighted by Gasteiger charge is 2.35. The molecule has 3 aliphatic rings. The highest BCUT2D eigenvalue weighted by atomic mass is 35.5. The predicted molar refractivity (Wildman–Crippen MR) is 154 cm³/mol. The van der Waals surface area contributed by atoms with Crippen molar-refractivity contribution in [2.75, 3.05) is 38.2 Å². The Morgan fingerprint density at radius 3 is 2.59 bits per heavy atom. The number of nitrogens with zero attached hydrogens (tertiary/aromatic N) is 5. The molecular weight excluding hydrogens is 513 g/mol. The molecule has 6 nitrogen and oxygen atoms in total. The second kappa shape index (κ2) is 9.63. The number of anilines is 1. The van der Waals surface area contributed by atoms with Crippen LogP contribution in [0.25, 0.3) is 32.9 Å². The fourth-order valence-electron chi connectivity index (χ4n) is 6.76. The molecule has 8 heteroatoms. The summed E-state index contributed by atoms with van der Waals surface area (Å²) in [6, 6.07) is 11.6. The van der Waals surface area contributed by atoms with Crippen LogP contribution in [0.4, 0.5) is 10.2 Å². The molecule has 0 radical (unpaired) electrons. The van der Waals surface area contributed by atoms with Crippen LogP contribution in [-0.2, 0) is 0 Å². The van der Waals surface area contributed by atoms with E-state index in [2.05, 4.69) is 26.3 Å². The largest absolute Gasteiger partial charge is 0.463 e. The summed E-state index contributed by atoms with van der Waals surface area (Å²) in [5, 5.41) is 2.88. The van der Waals surface area contributed by atoms with E-state index in [-0.39, 0.29) is 17.2 Å². The van der Waals surface area contributed by atoms with Crippen LogP contribution in [0.15, 0.2) is 54.9 Å². The maximum absolute atomic E-state index is 16.5. The van der Waals surface area contributed by atoms with Gasteiger partial charge in [0.15, 0.2) is 5.82 Å². The number of hydrogen-bond donors (Lipinski definition) is 0. The van der Waals surface area contributed by atoms with E-state index in [1.807, 2.05) is 43.4 Å². The van der Waals surface area contributed by atoms with Crippen LogP contribution in [0.1, 0.15) is 25.7 Å². The first-order valence-corrected chi connectivity index (χ1v) is 14.1. The Kier molecular flexibility index (Phi) is 6.07. The SMILES string of the molecule is C=C1CC(COc2nc(N3CC4CCC(C4)C3)c3cnc(-c4cccc5cccc(Cl)c45)c(F)c3n2)CN1C. The van der Waals surface area contributed by atoms with Crippen molar-refractivity contribution in [3.05, 3.63) is 65.7 Å². The number of hydrogen-bond acceptors (Lipinski definition) is 6. The molecule has 2 bridgehead atoms. The van der Waals surface area contributed by atoms with E-state index in [1.165, 1.54) is 19.3 Å². The zero-order valence-corrected chi connectivity index (χ0v) is 22.8. The van der Waals surface area contributed by atoms with Crippen molar-refractivity contribution in [3.8, 4) is 17.3 Å². The standard InChI is InChI=1S/C31H31ClFN5O/c1-18-11-21(14-37(18)2)17-39-31-35-29-24(30(36-31)38-15-19-9-10-20(12-19)16-38)13-34-28(27(29)33)23-7-3-5-22-6-4-8-25(32)26(22)23/h3-8,13,19-21H,1,9-12,14-17H2,2H3. The first-order chi connectivity index (χ1) is 18.9. The number of benzene rings is 2. The van der Waals surface area contributed by atoms with Gasteiger partial charge in [0.2, 0.25) is 0 Å². The Hall–Kier alpha value is -3.45. The van der Waals surface area contributed by atoms with Crippen LogP contribution in [-0.4, -0.2) is 53.1 Å². The van der Waals surface area contributed by atoms with E-state index in [0.29, 0.717) is 46.2 Å². The molecule has 3 fully saturated rings. The van der Waals surface area contributed by atoms with Crippen molar-refractivity contribution < 1.29 is 9.13 Å². The number of piperidine rings is 1. The second-order valence-electron chi connectivity index (χ2n) is 11.4. The number of allylic oxidation sites excluding steroid dienone is 1. The topological polar surface area (TPSA) is 54.4 Å². The van der Waals surface area contributed by atoms with E-state index in [4.69, 9.17) is 21.3 Å². The molecule has 3 unspecified atom stereocenters. The lowest BCUT2D eigenvalue weighted by molar-refractivity contribution is 0.233. The lowest BCUT2D eigenvalue weighted by atomic mass is 9.98. The second-order valence-corrected chi connectivity index (χ2v) is 11.8. The molecule has 4 aromatic rings. The Bertz CT molecular complexity index is 1590. The lowest BCUT2D eigenvalue weighted by Crippen LogP contribution is -2.37. The Balaban J connectivity index is 1.34. The molecule has 0 N–H and O–H groups in total. The number of ether oxygens (including phenoxy) is 1. The molecule has 2 saturated heterocycles. The van der Waals surface area contributed by atoms with Crippen LogP contribution in [0.5, 0.6) is 6.01 Å². The maximum Gasteiger partial charge on any atom is 0.319 e. The molecule has 3 atom stereocenters. The third kappa shape index (κ3) is 4.37. The summed E-state index contributed by atoms with van der Waals surface area (Å²) in [5.74, 6) is 1.82. The van der Waals surface area contributed by atoms with Crippen molar-refractivity contribution in [3.63, 3.8) is 0 Å². The number of rotatable bonds is 5. The molecule has 200 valence electrons. The van der Waals surface area contributed by atoms with E-state index in [1.54, 1.807) is 6.20 Å². The minimum atomic E-state index is -0.484. The van der Waals surface area contributed by atoms with Crippen LogP contribution in [0.3, 0.4) is 0 Å². The number of pyridine rings is 1. The highest BCUT2D eigenvalue weighted by Crippen LogP contribution is 2.41. The number of fused-ring (bicyclic) bond motifs is 4. The van der Waals surface area contributed by atoms with Gasteiger partial charge in [-0.25, -0.2) is 4.39 Å². The van der Waals surface area contributed by atoms with Crippen molar-refractivity contribution >= 4 is 39.1 Å². The lowest BCUT2D eigenvalue weighted by Gasteiger charge is -2.33. The maximum atomic E-state index is 16.5. The molecular formula is C31H31ClFN5O. The Morgan fingerprint density at radius 1 is 1.08 bits per heavy atom. The van der Waals surface area contributed by atoms with Gasteiger partial charge in [-0.1, -0.05) is 48.5 Å². The summed E-state index contributed by atoms with van der Waals surface area (Å²) in [5.41, 5.74) is 2.20. The molecule has 2 aromatic heterocycles. The Labute approximate surface area is 232 Å². The molecule has 1 aliphatic carbocycles. The Morgan fingerprint density at radius 2 is 1.85 bits per heavy atom. The van der Waals surface area contributed by atoms with E-state index < -0.39 is 5.82 Å². The van der Waals surface area contributed by atoms with Gasteiger partial charge < -0.3 is 14.5 Å². The molecule has 0 amide bonds. The third-order valence-corrected chi connectivity index (χ3v) is 9.02. The average molecular weight is 544 g/mol. The van der Waals surface area contributed by atoms with Gasteiger partial charge in [0.1, 0.15) is 17.0 Å². The first-order valence-electron chi connectivity index (χ1n) is 13.7. The smallest absolute Gasteiger partial charge is 0.319 e. The highest BCUT2D eigenvalue weighted by molar-refractivity contribution is 6.36. The molecule has 2 aliphatic heterocycles. The minimum Gasteiger partial charge on any atom is -0.463 e. The molecule has 4 heterocycles. The average Bonchev–Trinajstić information content (AvgIpc) is 3.45. The van der Waals surface area contributed by atoms with Crippen molar-refractivity contribution in [1.29, 1.82) is 0 Å². The monoisotopic (exact) mass is 543 g/mol. The summed E-state index contributed by atoms with van der Waals surface area (Å²) in [7, 11) is 2.04. The predicted octanol–water partition coefficient (Wildman–Crippen LogP) is 6.72. The van der Waals surface area contributed by atoms with Crippen molar-refractivity contribution in [1.82, 2.24) is 19.9 Å². The van der Waals surface area contributed by atoms with Gasteiger partial charge in [-0.05, 0) is 49.0 Å². The van der Waals surface area contributed by atoms with Gasteiger partial charge in [0, 0.05) is 60.5 Å². The van der Waals surface area contributed by atoms with Gasteiger partial charge in [0.05, 0.1) is 12.0 Å². The van der Waals surface area contributed by atoms with E-state index in [0.717, 1.165) is 42.5 Å². The van der Waals surface area contributed by atoms with Gasteiger partial charge in [-0.3, -0.25) is 4.98 Å². The summed E-state index contributed by atoms with van der Waals surface area (Å²) in [6.45, 7) is 7.28. The summed E-state index contributed by atoms with van der Waals surface area (Å²) in [4.78, 5) is 18.6. The van der Waals surface area contributed by atoms with Crippen LogP contribution >= 0.6 is 11.6 Å². The van der Waals surface area contributed by atoms with Crippen molar-refractivity contribution in [2.45, 2.75) is 25.7 Å². The molecule has 1 saturated carbocycles. The molecule has 39 heavy (non-hydrogen) atoms. The van der Waals surface area contributed by atoms with E-state index in [9.17, 15) is 0 Å². The van der Waals surface area contributed by atoms with Crippen LogP contribution in [0, 0.1) is 23.6 Å². The fraction of sp³-hybridized carbons (Fsp3) is 0.387. The molecule has 2 aromatic carbocycles. The normalized spacial score (nSPS) is 22.8. The van der Waals surface area contributed by atoms with Gasteiger partial charge >= 0.3 is 6.01 Å². The zero-order valence-electron chi connectivity index (χ0n) is 22.0. The van der Waals surface area contributed by atoms with Gasteiger partial charge in [-0.2, -0.15) is 9.97 Å². The quantitative estimate of drug-likeness (QED) is 0.278. The summed E-state index contributed by atoms with van der Waals surface area (Å²) in [6.07, 6.45) is 6.34. The summed E-state index contributed by atoms with van der Waals surface area (Å²) >= 11 is 6.58. The zero-order chi connectivity index (χ0) is 26.7. The number of aromatic nitrogens is 3. The van der Waals surface area contributed by atoms with Gasteiger partial charge in [-0.15, -0.1) is 0 Å². The molecule has 0 spiro atoms. The van der Waals surface area contributed by atoms with Crippen molar-refractivity contribution in [2.24, 2.45) is 17.8 Å². The summed E-state index contributed by atoms with van der Waals surface area (Å²) < 4.78 is 22.6. The van der Waals surface area contributed by atoms with Crippen LogP contribution in [0.2, 0.25) is 5.02 Å². The van der Waals surface area contributed by atoms with E-state index >= 15 is 4.39 Å². The molecule has 7 rings (SSSR count). The van der Waals surface area contributed by atoms with Gasteiger partial charge in [0.25, 0.3) is 0 Å². The number of likely N-dealkylation sites (tertiary alicyclic amines) is 1. The third-order valence-electron chi connectivity index (χ3n) is 8.70. The minimum absolute atomic E-state index is 0.211. The first kappa shape index (κ1) is 24.6. The number of halogens is 2. The van der Waals surface area contributed by atoms with Crippen LogP contribution < -0.4 is 9.64 Å².